The molecule has 1 amide bonds. The standard InChI is InChI=1S/C25H21BrN2O4/c1-14-6-8-18(11-15(14)2)28-22(17-5-4-10-27-13-17)21(24(30)25(28)31)23(29)16-7-9-20(32-3)19(26)12-16/h4-13,22,29H,1-3H3/b23-21+. The number of methoxy groups -OCH3 is 1. The summed E-state index contributed by atoms with van der Waals surface area (Å²) in [6.07, 6.45) is 3.22. The van der Waals surface area contributed by atoms with Gasteiger partial charge < -0.3 is 9.84 Å². The number of aromatic nitrogens is 1. The van der Waals surface area contributed by atoms with Gasteiger partial charge in [0.05, 0.1) is 23.2 Å². The Bertz CT molecular complexity index is 1250. The lowest BCUT2D eigenvalue weighted by atomic mass is 9.96. The zero-order valence-corrected chi connectivity index (χ0v) is 19.4. The highest BCUT2D eigenvalue weighted by atomic mass is 79.9. The number of aryl methyl sites for hydroxylation is 2. The molecular weight excluding hydrogens is 472 g/mol. The lowest BCUT2D eigenvalue weighted by molar-refractivity contribution is -0.132. The Morgan fingerprint density at radius 2 is 1.88 bits per heavy atom. The summed E-state index contributed by atoms with van der Waals surface area (Å²) in [5, 5.41) is 11.2. The Morgan fingerprint density at radius 1 is 1.09 bits per heavy atom. The van der Waals surface area contributed by atoms with Crippen molar-refractivity contribution in [3.63, 3.8) is 0 Å². The normalized spacial score (nSPS) is 17.6. The number of carbonyl (C=O) groups is 2. The van der Waals surface area contributed by atoms with E-state index < -0.39 is 17.7 Å². The first-order valence-corrected chi connectivity index (χ1v) is 10.7. The molecule has 1 aliphatic rings. The van der Waals surface area contributed by atoms with Gasteiger partial charge in [-0.3, -0.25) is 19.5 Å². The highest BCUT2D eigenvalue weighted by Gasteiger charge is 2.47. The van der Waals surface area contributed by atoms with E-state index in [0.717, 1.165) is 11.1 Å². The van der Waals surface area contributed by atoms with Crippen LogP contribution in [0.3, 0.4) is 0 Å². The third-order valence-electron chi connectivity index (χ3n) is 5.64. The van der Waals surface area contributed by atoms with Gasteiger partial charge in [0.1, 0.15) is 11.5 Å². The fraction of sp³-hybridized carbons (Fsp3) is 0.160. The number of anilines is 1. The number of aliphatic hydroxyl groups excluding tert-OH is 1. The van der Waals surface area contributed by atoms with Gasteiger partial charge in [0.15, 0.2) is 0 Å². The number of hydrogen-bond donors (Lipinski definition) is 1. The van der Waals surface area contributed by atoms with Crippen LogP contribution in [-0.4, -0.2) is 28.9 Å². The second-order valence-electron chi connectivity index (χ2n) is 7.57. The highest BCUT2D eigenvalue weighted by Crippen LogP contribution is 2.42. The molecule has 0 saturated carbocycles. The maximum atomic E-state index is 13.2. The van der Waals surface area contributed by atoms with Crippen molar-refractivity contribution in [3.05, 3.63) is 93.2 Å². The van der Waals surface area contributed by atoms with Crippen LogP contribution in [0.5, 0.6) is 5.75 Å². The van der Waals surface area contributed by atoms with Crippen molar-refractivity contribution < 1.29 is 19.4 Å². The summed E-state index contributed by atoms with van der Waals surface area (Å²) in [6.45, 7) is 3.93. The van der Waals surface area contributed by atoms with E-state index in [1.807, 2.05) is 26.0 Å². The summed E-state index contributed by atoms with van der Waals surface area (Å²) in [5.74, 6) is -1.12. The lowest BCUT2D eigenvalue weighted by Gasteiger charge is -2.25. The van der Waals surface area contributed by atoms with Gasteiger partial charge in [0.2, 0.25) is 0 Å². The van der Waals surface area contributed by atoms with Crippen molar-refractivity contribution in [1.29, 1.82) is 0 Å². The number of halogens is 1. The predicted molar refractivity (Wildman–Crippen MR) is 126 cm³/mol. The molecule has 0 radical (unpaired) electrons. The molecule has 2 aromatic carbocycles. The number of Topliss-reactive ketones (excluding diaryl/α,β-unsaturated/α-hetero) is 1. The van der Waals surface area contributed by atoms with E-state index >= 15 is 0 Å². The maximum absolute atomic E-state index is 13.2. The van der Waals surface area contributed by atoms with Crippen LogP contribution in [-0.2, 0) is 9.59 Å². The summed E-state index contributed by atoms with van der Waals surface area (Å²) in [7, 11) is 1.54. The molecule has 1 fully saturated rings. The molecule has 1 saturated heterocycles. The number of aliphatic hydroxyl groups is 1. The average molecular weight is 493 g/mol. The molecule has 6 nitrogen and oxygen atoms in total. The van der Waals surface area contributed by atoms with Gasteiger partial charge in [-0.25, -0.2) is 0 Å². The van der Waals surface area contributed by atoms with Gasteiger partial charge in [0, 0.05) is 23.6 Å². The molecule has 1 aromatic heterocycles. The monoisotopic (exact) mass is 492 g/mol. The van der Waals surface area contributed by atoms with Crippen LogP contribution >= 0.6 is 15.9 Å². The molecule has 0 bridgehead atoms. The number of hydrogen-bond acceptors (Lipinski definition) is 5. The van der Waals surface area contributed by atoms with Crippen LogP contribution in [0.15, 0.2) is 71.0 Å². The minimum Gasteiger partial charge on any atom is -0.507 e. The van der Waals surface area contributed by atoms with Crippen LogP contribution in [0.4, 0.5) is 5.69 Å². The smallest absolute Gasteiger partial charge is 0.300 e. The van der Waals surface area contributed by atoms with Gasteiger partial charge >= 0.3 is 0 Å². The fourth-order valence-corrected chi connectivity index (χ4v) is 4.34. The molecule has 3 aromatic rings. The maximum Gasteiger partial charge on any atom is 0.300 e. The van der Waals surface area contributed by atoms with Crippen molar-refractivity contribution in [1.82, 2.24) is 4.98 Å². The van der Waals surface area contributed by atoms with Crippen LogP contribution < -0.4 is 9.64 Å². The summed E-state index contributed by atoms with van der Waals surface area (Å²) in [5.41, 5.74) is 3.68. The van der Waals surface area contributed by atoms with E-state index in [0.29, 0.717) is 27.0 Å². The van der Waals surface area contributed by atoms with Gasteiger partial charge in [-0.15, -0.1) is 0 Å². The number of pyridine rings is 1. The van der Waals surface area contributed by atoms with Crippen molar-refractivity contribution in [3.8, 4) is 5.75 Å². The minimum absolute atomic E-state index is 0.0123. The number of nitrogens with zero attached hydrogens (tertiary/aromatic N) is 2. The minimum atomic E-state index is -0.813. The van der Waals surface area contributed by atoms with E-state index in [1.54, 1.807) is 48.8 Å². The van der Waals surface area contributed by atoms with E-state index in [1.165, 1.54) is 12.0 Å². The van der Waals surface area contributed by atoms with E-state index in [-0.39, 0.29) is 11.3 Å². The van der Waals surface area contributed by atoms with Gasteiger partial charge in [-0.05, 0) is 82.9 Å². The van der Waals surface area contributed by atoms with E-state index in [9.17, 15) is 14.7 Å². The first kappa shape index (κ1) is 21.8. The molecule has 0 aliphatic carbocycles. The Kier molecular flexibility index (Phi) is 5.84. The third-order valence-corrected chi connectivity index (χ3v) is 6.26. The molecule has 1 aliphatic heterocycles. The molecule has 7 heteroatoms. The molecule has 1 unspecified atom stereocenters. The predicted octanol–water partition coefficient (Wildman–Crippen LogP) is 5.10. The van der Waals surface area contributed by atoms with E-state index in [4.69, 9.17) is 4.74 Å². The number of rotatable bonds is 4. The number of benzene rings is 2. The molecule has 1 N–H and O–H groups in total. The van der Waals surface area contributed by atoms with Crippen LogP contribution in [0.1, 0.15) is 28.3 Å². The van der Waals surface area contributed by atoms with Gasteiger partial charge in [-0.1, -0.05) is 12.1 Å². The summed E-state index contributed by atoms with van der Waals surface area (Å²) in [4.78, 5) is 32.0. The zero-order chi connectivity index (χ0) is 23.0. The second kappa shape index (κ2) is 8.59. The quantitative estimate of drug-likeness (QED) is 0.311. The van der Waals surface area contributed by atoms with Crippen LogP contribution in [0.2, 0.25) is 0 Å². The number of carbonyl (C=O) groups excluding carboxylic acids is 2. The van der Waals surface area contributed by atoms with Gasteiger partial charge in [0.25, 0.3) is 11.7 Å². The van der Waals surface area contributed by atoms with Crippen LogP contribution in [0, 0.1) is 13.8 Å². The summed E-state index contributed by atoms with van der Waals surface area (Å²) in [6, 6.07) is 13.3. The average Bonchev–Trinajstić information content (AvgIpc) is 3.06. The Hall–Kier alpha value is -3.45. The Morgan fingerprint density at radius 3 is 2.50 bits per heavy atom. The molecule has 2 heterocycles. The highest BCUT2D eigenvalue weighted by molar-refractivity contribution is 9.10. The fourth-order valence-electron chi connectivity index (χ4n) is 3.80. The van der Waals surface area contributed by atoms with Gasteiger partial charge in [-0.2, -0.15) is 0 Å². The third kappa shape index (κ3) is 3.69. The SMILES string of the molecule is COc1ccc(/C(O)=C2\C(=O)C(=O)N(c3ccc(C)c(C)c3)C2c2cccnc2)cc1Br. The van der Waals surface area contributed by atoms with Crippen molar-refractivity contribution >= 4 is 39.1 Å². The second-order valence-corrected chi connectivity index (χ2v) is 8.43. The largest absolute Gasteiger partial charge is 0.507 e. The molecule has 1 atom stereocenters. The molecule has 32 heavy (non-hydrogen) atoms. The summed E-state index contributed by atoms with van der Waals surface area (Å²) >= 11 is 3.40. The molecular formula is C25H21BrN2O4. The first-order valence-electron chi connectivity index (χ1n) is 9.95. The summed E-state index contributed by atoms with van der Waals surface area (Å²) < 4.78 is 5.86. The Balaban J connectivity index is 1.94. The topological polar surface area (TPSA) is 79.7 Å². The van der Waals surface area contributed by atoms with E-state index in [2.05, 4.69) is 20.9 Å². The number of ketones is 1. The van der Waals surface area contributed by atoms with Crippen LogP contribution in [0.25, 0.3) is 5.76 Å². The van der Waals surface area contributed by atoms with Crippen molar-refractivity contribution in [2.45, 2.75) is 19.9 Å². The van der Waals surface area contributed by atoms with Crippen molar-refractivity contribution in [2.24, 2.45) is 0 Å². The molecule has 162 valence electrons. The van der Waals surface area contributed by atoms with Crippen molar-refractivity contribution in [2.75, 3.05) is 12.0 Å². The first-order chi connectivity index (χ1) is 15.3. The molecule has 4 rings (SSSR count). The number of ether oxygens (including phenoxy) is 1. The Labute approximate surface area is 194 Å². The molecule has 0 spiro atoms. The number of amides is 1. The lowest BCUT2D eigenvalue weighted by Crippen LogP contribution is -2.29. The zero-order valence-electron chi connectivity index (χ0n) is 17.8.